The average molecular weight is 316 g/mol. The van der Waals surface area contributed by atoms with E-state index < -0.39 is 10.8 Å². The molecule has 0 unspecified atom stereocenters. The van der Waals surface area contributed by atoms with Crippen molar-refractivity contribution in [2.24, 2.45) is 0 Å². The lowest BCUT2D eigenvalue weighted by Gasteiger charge is -2.27. The molecule has 0 atom stereocenters. The second kappa shape index (κ2) is 5.31. The average Bonchev–Trinajstić information content (AvgIpc) is 2.29. The molecule has 1 aromatic carbocycles. The molecule has 1 fully saturated rings. The van der Waals surface area contributed by atoms with Gasteiger partial charge in [-0.15, -0.1) is 0 Å². The Morgan fingerprint density at radius 1 is 1.35 bits per heavy atom. The van der Waals surface area contributed by atoms with Gasteiger partial charge in [-0.1, -0.05) is 15.9 Å². The Bertz CT molecular complexity index is 466. The summed E-state index contributed by atoms with van der Waals surface area (Å²) < 4.78 is 12.2. The smallest absolute Gasteiger partial charge is 0.254 e. The third-order valence-corrected chi connectivity index (χ3v) is 4.65. The van der Waals surface area contributed by atoms with Crippen LogP contribution in [0.25, 0.3) is 0 Å². The molecule has 17 heavy (non-hydrogen) atoms. The van der Waals surface area contributed by atoms with Crippen LogP contribution in [0, 0.1) is 6.92 Å². The Morgan fingerprint density at radius 3 is 2.59 bits per heavy atom. The van der Waals surface area contributed by atoms with Gasteiger partial charge in [-0.05, 0) is 30.7 Å². The van der Waals surface area contributed by atoms with Gasteiger partial charge >= 0.3 is 0 Å². The van der Waals surface area contributed by atoms with Crippen molar-refractivity contribution in [2.75, 3.05) is 24.6 Å². The highest BCUT2D eigenvalue weighted by atomic mass is 79.9. The summed E-state index contributed by atoms with van der Waals surface area (Å²) >= 11 is 3.38. The van der Waals surface area contributed by atoms with Gasteiger partial charge in [0, 0.05) is 45.4 Å². The number of carbonyl (C=O) groups excluding carboxylic acids is 1. The largest absolute Gasteiger partial charge is 0.337 e. The molecule has 0 spiro atoms. The molecule has 5 heteroatoms. The first-order chi connectivity index (χ1) is 8.08. The Balaban J connectivity index is 2.16. The van der Waals surface area contributed by atoms with Crippen molar-refractivity contribution in [2.45, 2.75) is 6.92 Å². The highest BCUT2D eigenvalue weighted by Crippen LogP contribution is 2.18. The topological polar surface area (TPSA) is 37.4 Å². The molecule has 0 aliphatic carbocycles. The number of rotatable bonds is 1. The van der Waals surface area contributed by atoms with Crippen LogP contribution in [0.5, 0.6) is 0 Å². The van der Waals surface area contributed by atoms with Crippen LogP contribution in [0.1, 0.15) is 15.9 Å². The minimum atomic E-state index is -0.744. The van der Waals surface area contributed by atoms with E-state index in [4.69, 9.17) is 0 Å². The molecule has 0 saturated carbocycles. The first-order valence-electron chi connectivity index (χ1n) is 5.48. The standard InChI is InChI=1S/C12H14BrNO2S/c1-9-8-10(13)2-3-11(9)12(15)14-4-6-17(16)7-5-14/h2-3,8H,4-7H2,1H3. The predicted octanol–water partition coefficient (Wildman–Crippen LogP) is 1.96. The number of nitrogens with zero attached hydrogens (tertiary/aromatic N) is 1. The highest BCUT2D eigenvalue weighted by Gasteiger charge is 2.22. The predicted molar refractivity (Wildman–Crippen MR) is 72.7 cm³/mol. The Labute approximate surface area is 112 Å². The maximum absolute atomic E-state index is 12.3. The molecule has 0 radical (unpaired) electrons. The molecular weight excluding hydrogens is 302 g/mol. The van der Waals surface area contributed by atoms with E-state index in [2.05, 4.69) is 15.9 Å². The van der Waals surface area contributed by atoms with E-state index in [-0.39, 0.29) is 5.91 Å². The van der Waals surface area contributed by atoms with E-state index in [1.807, 2.05) is 25.1 Å². The van der Waals surface area contributed by atoms with Gasteiger partial charge in [0.15, 0.2) is 0 Å². The van der Waals surface area contributed by atoms with Crippen molar-refractivity contribution in [3.8, 4) is 0 Å². The van der Waals surface area contributed by atoms with Crippen molar-refractivity contribution in [3.63, 3.8) is 0 Å². The van der Waals surface area contributed by atoms with Crippen LogP contribution in [0.4, 0.5) is 0 Å². The molecule has 0 aromatic heterocycles. The van der Waals surface area contributed by atoms with E-state index in [1.54, 1.807) is 4.90 Å². The summed E-state index contributed by atoms with van der Waals surface area (Å²) in [6.45, 7) is 3.13. The van der Waals surface area contributed by atoms with Crippen LogP contribution < -0.4 is 0 Å². The van der Waals surface area contributed by atoms with Crippen LogP contribution >= 0.6 is 15.9 Å². The lowest BCUT2D eigenvalue weighted by Crippen LogP contribution is -2.42. The molecule has 1 aliphatic heterocycles. The van der Waals surface area contributed by atoms with Gasteiger partial charge < -0.3 is 4.90 Å². The maximum atomic E-state index is 12.3. The molecule has 0 bridgehead atoms. The van der Waals surface area contributed by atoms with Gasteiger partial charge in [0.2, 0.25) is 0 Å². The number of hydrogen-bond acceptors (Lipinski definition) is 2. The second-order valence-corrected chi connectivity index (χ2v) is 6.71. The highest BCUT2D eigenvalue weighted by molar-refractivity contribution is 9.10. The lowest BCUT2D eigenvalue weighted by molar-refractivity contribution is 0.0770. The summed E-state index contributed by atoms with van der Waals surface area (Å²) in [4.78, 5) is 14.0. The zero-order valence-corrected chi connectivity index (χ0v) is 12.0. The molecule has 1 saturated heterocycles. The molecular formula is C12H14BrNO2S. The second-order valence-electron chi connectivity index (χ2n) is 4.10. The summed E-state index contributed by atoms with van der Waals surface area (Å²) in [6, 6.07) is 5.66. The van der Waals surface area contributed by atoms with Crippen LogP contribution in [0.2, 0.25) is 0 Å². The minimum Gasteiger partial charge on any atom is -0.337 e. The van der Waals surface area contributed by atoms with E-state index in [0.717, 1.165) is 15.6 Å². The molecule has 1 amide bonds. The van der Waals surface area contributed by atoms with Crippen LogP contribution in [-0.4, -0.2) is 39.6 Å². The normalized spacial score (nSPS) is 17.2. The molecule has 1 heterocycles. The van der Waals surface area contributed by atoms with Crippen molar-refractivity contribution < 1.29 is 9.00 Å². The van der Waals surface area contributed by atoms with Crippen molar-refractivity contribution in [1.29, 1.82) is 0 Å². The first kappa shape index (κ1) is 12.8. The SMILES string of the molecule is Cc1cc(Br)ccc1C(=O)N1CCS(=O)CC1. The summed E-state index contributed by atoms with van der Waals surface area (Å²) in [5, 5.41) is 0. The van der Waals surface area contributed by atoms with Gasteiger partial charge in [0.1, 0.15) is 0 Å². The molecule has 92 valence electrons. The van der Waals surface area contributed by atoms with Gasteiger partial charge in [-0.2, -0.15) is 0 Å². The number of aryl methyl sites for hydroxylation is 1. The number of benzene rings is 1. The molecule has 1 aliphatic rings. The molecule has 1 aromatic rings. The first-order valence-corrected chi connectivity index (χ1v) is 7.76. The number of hydrogen-bond donors (Lipinski definition) is 0. The number of amides is 1. The van der Waals surface area contributed by atoms with Gasteiger partial charge in [0.05, 0.1) is 0 Å². The van der Waals surface area contributed by atoms with E-state index in [9.17, 15) is 9.00 Å². The summed E-state index contributed by atoms with van der Waals surface area (Å²) in [5.74, 6) is 1.24. The van der Waals surface area contributed by atoms with E-state index in [1.165, 1.54) is 0 Å². The number of halogens is 1. The van der Waals surface area contributed by atoms with Crippen LogP contribution in [0.3, 0.4) is 0 Å². The molecule has 2 rings (SSSR count). The van der Waals surface area contributed by atoms with E-state index in [0.29, 0.717) is 24.6 Å². The lowest BCUT2D eigenvalue weighted by atomic mass is 10.1. The zero-order valence-electron chi connectivity index (χ0n) is 9.61. The quantitative estimate of drug-likeness (QED) is 0.794. The fourth-order valence-corrected chi connectivity index (χ4v) is 3.41. The van der Waals surface area contributed by atoms with Crippen molar-refractivity contribution >= 4 is 32.6 Å². The fourth-order valence-electron chi connectivity index (χ4n) is 1.88. The Kier molecular flexibility index (Phi) is 3.99. The third kappa shape index (κ3) is 2.96. The summed E-state index contributed by atoms with van der Waals surface area (Å²) in [7, 11) is -0.744. The molecule has 3 nitrogen and oxygen atoms in total. The third-order valence-electron chi connectivity index (χ3n) is 2.88. The monoisotopic (exact) mass is 315 g/mol. The van der Waals surface area contributed by atoms with Crippen molar-refractivity contribution in [3.05, 3.63) is 33.8 Å². The zero-order chi connectivity index (χ0) is 12.4. The molecule has 0 N–H and O–H groups in total. The van der Waals surface area contributed by atoms with Gasteiger partial charge in [-0.3, -0.25) is 9.00 Å². The Morgan fingerprint density at radius 2 is 2.00 bits per heavy atom. The van der Waals surface area contributed by atoms with Crippen LogP contribution in [0.15, 0.2) is 22.7 Å². The maximum Gasteiger partial charge on any atom is 0.254 e. The van der Waals surface area contributed by atoms with Crippen molar-refractivity contribution in [1.82, 2.24) is 4.90 Å². The number of carbonyl (C=O) groups is 1. The van der Waals surface area contributed by atoms with Crippen LogP contribution in [-0.2, 0) is 10.8 Å². The summed E-state index contributed by atoms with van der Waals surface area (Å²) in [6.07, 6.45) is 0. The van der Waals surface area contributed by atoms with E-state index >= 15 is 0 Å². The Hall–Kier alpha value is -0.680. The fraction of sp³-hybridized carbons (Fsp3) is 0.417. The van der Waals surface area contributed by atoms with Gasteiger partial charge in [-0.25, -0.2) is 0 Å². The summed E-state index contributed by atoms with van der Waals surface area (Å²) in [5.41, 5.74) is 1.71. The minimum absolute atomic E-state index is 0.0479. The van der Waals surface area contributed by atoms with Gasteiger partial charge in [0.25, 0.3) is 5.91 Å².